The van der Waals surface area contributed by atoms with Crippen molar-refractivity contribution in [3.05, 3.63) is 101 Å². The monoisotopic (exact) mass is 457 g/mol. The minimum absolute atomic E-state index is 0.0102. The van der Waals surface area contributed by atoms with E-state index in [1.165, 1.54) is 11.0 Å². The fourth-order valence-corrected chi connectivity index (χ4v) is 3.62. The molecule has 4 aromatic rings. The van der Waals surface area contributed by atoms with Gasteiger partial charge in [-0.15, -0.1) is 0 Å². The van der Waals surface area contributed by atoms with Gasteiger partial charge in [0.05, 0.1) is 23.3 Å². The van der Waals surface area contributed by atoms with Crippen LogP contribution in [-0.2, 0) is 16.1 Å². The van der Waals surface area contributed by atoms with Crippen molar-refractivity contribution in [3.8, 4) is 0 Å². The Morgan fingerprint density at radius 3 is 2.18 bits per heavy atom. The van der Waals surface area contributed by atoms with Crippen LogP contribution in [0.5, 0.6) is 0 Å². The molecule has 1 amide bonds. The summed E-state index contributed by atoms with van der Waals surface area (Å²) in [6.07, 6.45) is 0. The molecular weight excluding hydrogens is 434 g/mol. The van der Waals surface area contributed by atoms with Crippen LogP contribution < -0.4 is 4.90 Å². The van der Waals surface area contributed by atoms with Crippen molar-refractivity contribution in [1.82, 2.24) is 0 Å². The van der Waals surface area contributed by atoms with E-state index in [9.17, 15) is 14.4 Å². The Kier molecular flexibility index (Phi) is 6.73. The molecule has 0 unspecified atom stereocenters. The van der Waals surface area contributed by atoms with Crippen molar-refractivity contribution >= 4 is 34.5 Å². The zero-order valence-corrected chi connectivity index (χ0v) is 18.8. The van der Waals surface area contributed by atoms with Crippen LogP contribution in [0.1, 0.15) is 43.8 Å². The molecule has 0 atom stereocenters. The third-order valence-electron chi connectivity index (χ3n) is 5.33. The second-order valence-corrected chi connectivity index (χ2v) is 7.45. The number of anilines is 1. The summed E-state index contributed by atoms with van der Waals surface area (Å²) < 4.78 is 16.3. The maximum absolute atomic E-state index is 13.1. The van der Waals surface area contributed by atoms with Crippen molar-refractivity contribution in [2.24, 2.45) is 0 Å². The minimum atomic E-state index is -0.689. The van der Waals surface area contributed by atoms with Crippen molar-refractivity contribution in [2.75, 3.05) is 18.6 Å². The normalized spacial score (nSPS) is 10.6. The molecule has 0 spiro atoms. The number of esters is 2. The van der Waals surface area contributed by atoms with Crippen molar-refractivity contribution < 1.29 is 28.3 Å². The molecule has 1 heterocycles. The van der Waals surface area contributed by atoms with Gasteiger partial charge in [0.25, 0.3) is 5.91 Å². The van der Waals surface area contributed by atoms with Gasteiger partial charge in [-0.2, -0.15) is 0 Å². The van der Waals surface area contributed by atoms with Crippen LogP contribution in [0.15, 0.2) is 83.3 Å². The number of hydrogen-bond donors (Lipinski definition) is 0. The molecule has 7 heteroatoms. The summed E-state index contributed by atoms with van der Waals surface area (Å²) in [5, 5.41) is 0.645. The number of carbonyl (C=O) groups is 3. The van der Waals surface area contributed by atoms with E-state index >= 15 is 0 Å². The average Bonchev–Trinajstić information content (AvgIpc) is 3.26. The van der Waals surface area contributed by atoms with E-state index in [2.05, 4.69) is 0 Å². The van der Waals surface area contributed by atoms with Gasteiger partial charge in [-0.1, -0.05) is 48.5 Å². The van der Waals surface area contributed by atoms with Crippen LogP contribution in [0.2, 0.25) is 0 Å². The Balaban J connectivity index is 1.60. The first kappa shape index (κ1) is 22.8. The van der Waals surface area contributed by atoms with E-state index in [0.717, 1.165) is 0 Å². The van der Waals surface area contributed by atoms with E-state index in [0.29, 0.717) is 22.2 Å². The molecular formula is C27H23NO6. The van der Waals surface area contributed by atoms with Gasteiger partial charge >= 0.3 is 11.9 Å². The smallest absolute Gasteiger partial charge is 0.374 e. The van der Waals surface area contributed by atoms with E-state index < -0.39 is 11.9 Å². The molecule has 1 aromatic heterocycles. The fraction of sp³-hybridized carbons (Fsp3) is 0.148. The number of fused-ring (bicyclic) bond motifs is 1. The maximum atomic E-state index is 13.1. The summed E-state index contributed by atoms with van der Waals surface area (Å²) in [5.41, 5.74) is 1.92. The predicted molar refractivity (Wildman–Crippen MR) is 127 cm³/mol. The first-order valence-corrected chi connectivity index (χ1v) is 10.8. The molecule has 3 aromatic carbocycles. The Morgan fingerprint density at radius 1 is 0.794 bits per heavy atom. The molecule has 0 bridgehead atoms. The van der Waals surface area contributed by atoms with E-state index in [4.69, 9.17) is 13.9 Å². The quantitative estimate of drug-likeness (QED) is 0.353. The summed E-state index contributed by atoms with van der Waals surface area (Å²) in [4.78, 5) is 40.0. The zero-order chi connectivity index (χ0) is 24.1. The molecule has 172 valence electrons. The number of carbonyl (C=O) groups excluding carboxylic acids is 3. The number of nitrogens with zero attached hydrogens (tertiary/aromatic N) is 1. The molecule has 0 aliphatic carbocycles. The highest BCUT2D eigenvalue weighted by Crippen LogP contribution is 2.28. The lowest BCUT2D eigenvalue weighted by atomic mass is 10.1. The maximum Gasteiger partial charge on any atom is 0.374 e. The Morgan fingerprint density at radius 2 is 1.44 bits per heavy atom. The number of amides is 1. The molecule has 0 radical (unpaired) electrons. The molecule has 0 saturated heterocycles. The first-order chi connectivity index (χ1) is 16.5. The van der Waals surface area contributed by atoms with Gasteiger partial charge in [0.2, 0.25) is 5.76 Å². The standard InChI is InChI=1S/C27H23NO6/c1-3-32-27(31)24-22(19-13-9-10-16-23(19)34-24)17-33-26(30)21-15-8-7-14-20(21)25(29)28(2)18-11-5-4-6-12-18/h4-16H,3,17H2,1-2H3. The third-order valence-corrected chi connectivity index (χ3v) is 5.33. The largest absolute Gasteiger partial charge is 0.460 e. The molecule has 0 aliphatic rings. The number of rotatable bonds is 7. The molecule has 34 heavy (non-hydrogen) atoms. The van der Waals surface area contributed by atoms with E-state index in [1.54, 1.807) is 68.6 Å². The lowest BCUT2D eigenvalue weighted by molar-refractivity contribution is 0.0434. The highest BCUT2D eigenvalue weighted by Gasteiger charge is 2.25. The summed E-state index contributed by atoms with van der Waals surface area (Å²) in [6, 6.07) is 22.7. The summed E-state index contributed by atoms with van der Waals surface area (Å²) in [5.74, 6) is -1.68. The van der Waals surface area contributed by atoms with Crippen molar-refractivity contribution in [1.29, 1.82) is 0 Å². The second kappa shape index (κ2) is 10.0. The van der Waals surface area contributed by atoms with Gasteiger partial charge in [0.15, 0.2) is 0 Å². The fourth-order valence-electron chi connectivity index (χ4n) is 3.62. The second-order valence-electron chi connectivity index (χ2n) is 7.45. The molecule has 7 nitrogen and oxygen atoms in total. The number of benzene rings is 3. The molecule has 0 aliphatic heterocycles. The Bertz CT molecular complexity index is 1340. The van der Waals surface area contributed by atoms with Crippen LogP contribution >= 0.6 is 0 Å². The summed E-state index contributed by atoms with van der Waals surface area (Å²) in [7, 11) is 1.64. The minimum Gasteiger partial charge on any atom is -0.460 e. The van der Waals surface area contributed by atoms with Gasteiger partial charge in [0, 0.05) is 18.1 Å². The number of furan rings is 1. The third kappa shape index (κ3) is 4.54. The highest BCUT2D eigenvalue weighted by atomic mass is 16.5. The van der Waals surface area contributed by atoms with Crippen LogP contribution in [-0.4, -0.2) is 31.5 Å². The Labute approximate surface area is 196 Å². The first-order valence-electron chi connectivity index (χ1n) is 10.8. The molecule has 0 saturated carbocycles. The van der Waals surface area contributed by atoms with Crippen molar-refractivity contribution in [2.45, 2.75) is 13.5 Å². The number of para-hydroxylation sites is 2. The molecule has 4 rings (SSSR count). The number of hydrogen-bond acceptors (Lipinski definition) is 6. The van der Waals surface area contributed by atoms with Crippen LogP contribution in [0.25, 0.3) is 11.0 Å². The van der Waals surface area contributed by atoms with Crippen LogP contribution in [0.4, 0.5) is 5.69 Å². The summed E-state index contributed by atoms with van der Waals surface area (Å²) >= 11 is 0. The summed E-state index contributed by atoms with van der Waals surface area (Å²) in [6.45, 7) is 1.65. The highest BCUT2D eigenvalue weighted by molar-refractivity contribution is 6.12. The van der Waals surface area contributed by atoms with Gasteiger partial charge < -0.3 is 18.8 Å². The van der Waals surface area contributed by atoms with Gasteiger partial charge in [-0.25, -0.2) is 9.59 Å². The van der Waals surface area contributed by atoms with Gasteiger partial charge in [0.1, 0.15) is 12.2 Å². The van der Waals surface area contributed by atoms with Crippen molar-refractivity contribution in [3.63, 3.8) is 0 Å². The lowest BCUT2D eigenvalue weighted by Gasteiger charge is -2.18. The van der Waals surface area contributed by atoms with Crippen LogP contribution in [0.3, 0.4) is 0 Å². The molecule has 0 N–H and O–H groups in total. The van der Waals surface area contributed by atoms with Gasteiger partial charge in [-0.05, 0) is 37.3 Å². The van der Waals surface area contributed by atoms with Gasteiger partial charge in [-0.3, -0.25) is 4.79 Å². The Hall–Kier alpha value is -4.39. The molecule has 0 fully saturated rings. The van der Waals surface area contributed by atoms with E-state index in [1.807, 2.05) is 18.2 Å². The lowest BCUT2D eigenvalue weighted by Crippen LogP contribution is -2.28. The average molecular weight is 457 g/mol. The SMILES string of the molecule is CCOC(=O)c1oc2ccccc2c1COC(=O)c1ccccc1C(=O)N(C)c1ccccc1. The van der Waals surface area contributed by atoms with E-state index in [-0.39, 0.29) is 36.0 Å². The topological polar surface area (TPSA) is 86.0 Å². The number of ether oxygens (including phenoxy) is 2. The van der Waals surface area contributed by atoms with Crippen LogP contribution in [0, 0.1) is 0 Å². The predicted octanol–water partition coefficient (Wildman–Crippen LogP) is 5.24. The zero-order valence-electron chi connectivity index (χ0n) is 18.8.